The molecule has 0 nitrogen and oxygen atoms in total. The maximum absolute atomic E-state index is 2.86. The molecule has 0 saturated heterocycles. The van der Waals surface area contributed by atoms with E-state index in [0.717, 1.165) is 11.1 Å². The summed E-state index contributed by atoms with van der Waals surface area (Å²) in [6.45, 7) is 9.62. The van der Waals surface area contributed by atoms with Gasteiger partial charge in [0.25, 0.3) is 0 Å². The molecule has 0 aromatic heterocycles. The fraction of sp³-hybridized carbons (Fsp3) is 1.00. The van der Waals surface area contributed by atoms with Gasteiger partial charge >= 0.3 is 0 Å². The van der Waals surface area contributed by atoms with Gasteiger partial charge in [-0.3, -0.25) is 0 Å². The molecule has 0 N–H and O–H groups in total. The fourth-order valence-electron chi connectivity index (χ4n) is 1.17. The summed E-state index contributed by atoms with van der Waals surface area (Å²) in [6, 6.07) is 0. The molecule has 2 atom stereocenters. The monoisotopic (exact) mass is 678 g/mol. The van der Waals surface area contributed by atoms with E-state index in [2.05, 4.69) is 115 Å². The zero-order valence-electron chi connectivity index (χ0n) is 9.08. The Hall–Kier alpha value is 3.35. The van der Waals surface area contributed by atoms with Crippen molar-refractivity contribution in [2.24, 2.45) is 0 Å². The molecule has 0 heterocycles. The van der Waals surface area contributed by atoms with Gasteiger partial charge in [0.1, 0.15) is 0 Å². The third-order valence-corrected chi connectivity index (χ3v) is 93.3. The lowest BCUT2D eigenvalue weighted by molar-refractivity contribution is 0.857. The molecule has 0 saturated carbocycles. The van der Waals surface area contributed by atoms with Crippen LogP contribution in [0.2, 0.25) is 11.1 Å². The SMILES string of the molecule is CCC(C)[Si](I)(I)[Si](I)(I)C(C)CC. The van der Waals surface area contributed by atoms with Gasteiger partial charge in [0, 0.05) is 0 Å². The van der Waals surface area contributed by atoms with Crippen molar-refractivity contribution in [1.29, 1.82) is 0 Å². The van der Waals surface area contributed by atoms with Crippen LogP contribution in [0.25, 0.3) is 0 Å². The molecule has 0 radical (unpaired) electrons. The van der Waals surface area contributed by atoms with Crippen LogP contribution in [0.4, 0.5) is 0 Å². The summed E-state index contributed by atoms with van der Waals surface area (Å²) in [6.07, 6.45) is 2.71. The first-order chi connectivity index (χ1) is 6.21. The fourth-order valence-corrected chi connectivity index (χ4v) is 33.1. The van der Waals surface area contributed by atoms with Crippen LogP contribution in [-0.4, -0.2) is 5.17 Å². The predicted octanol–water partition coefficient (Wildman–Crippen LogP) is 6.29. The number of hydrogen-bond donors (Lipinski definition) is 0. The Balaban J connectivity index is 4.85. The van der Waals surface area contributed by atoms with Gasteiger partial charge in [0.15, 0.2) is 0 Å². The molecule has 0 fully saturated rings. The second kappa shape index (κ2) is 7.07. The van der Waals surface area contributed by atoms with Crippen molar-refractivity contribution < 1.29 is 0 Å². The molecule has 0 spiro atoms. The smallest absolute Gasteiger partial charge is 0.106 e. The second-order valence-corrected chi connectivity index (χ2v) is 58.1. The van der Waals surface area contributed by atoms with Crippen molar-refractivity contribution in [1.82, 2.24) is 0 Å². The van der Waals surface area contributed by atoms with E-state index in [1.54, 1.807) is 0 Å². The summed E-state index contributed by atoms with van der Waals surface area (Å²) < 4.78 is -2.13. The van der Waals surface area contributed by atoms with Crippen LogP contribution in [0.5, 0.6) is 0 Å². The lowest BCUT2D eigenvalue weighted by atomic mass is 10.4. The Morgan fingerprint density at radius 2 is 1.00 bits per heavy atom. The van der Waals surface area contributed by atoms with E-state index in [-0.39, 0.29) is 0 Å². The molecule has 86 valence electrons. The molecule has 0 aliphatic carbocycles. The summed E-state index contributed by atoms with van der Waals surface area (Å²) in [5, 5.41) is 0. The van der Waals surface area contributed by atoms with Crippen LogP contribution in [0.3, 0.4) is 0 Å². The van der Waals surface area contributed by atoms with Gasteiger partial charge in [0.05, 0.1) is 0 Å². The summed E-state index contributed by atoms with van der Waals surface area (Å²) in [7, 11) is 0. The molecule has 2 unspecified atom stereocenters. The van der Waals surface area contributed by atoms with Crippen LogP contribution in [0.15, 0.2) is 0 Å². The summed E-state index contributed by atoms with van der Waals surface area (Å²) >= 11 is 11.4. The van der Waals surface area contributed by atoms with Crippen LogP contribution < -0.4 is 0 Å². The zero-order valence-corrected chi connectivity index (χ0v) is 19.7. The van der Waals surface area contributed by atoms with Crippen LogP contribution in [0, 0.1) is 0 Å². The minimum absolute atomic E-state index is 0.957. The first-order valence-electron chi connectivity index (χ1n) is 4.97. The van der Waals surface area contributed by atoms with Gasteiger partial charge < -0.3 is 0 Å². The highest BCUT2D eigenvalue weighted by Gasteiger charge is 2.55. The van der Waals surface area contributed by atoms with Crippen molar-refractivity contribution in [3.8, 4) is 0 Å². The van der Waals surface area contributed by atoms with Gasteiger partial charge in [-0.25, -0.2) is 0 Å². The summed E-state index contributed by atoms with van der Waals surface area (Å²) in [4.78, 5) is 0. The largest absolute Gasteiger partial charge is 0.208 e. The molecule has 0 aromatic rings. The van der Waals surface area contributed by atoms with Crippen LogP contribution in [-0.2, 0) is 0 Å². The topological polar surface area (TPSA) is 0 Å². The van der Waals surface area contributed by atoms with E-state index in [9.17, 15) is 0 Å². The van der Waals surface area contributed by atoms with Gasteiger partial charge in [0.2, 0.25) is 5.17 Å². The Bertz CT molecular complexity index is 164. The van der Waals surface area contributed by atoms with Crippen molar-refractivity contribution in [2.75, 3.05) is 0 Å². The van der Waals surface area contributed by atoms with Crippen LogP contribution in [0.1, 0.15) is 40.5 Å². The average molecular weight is 678 g/mol. The quantitative estimate of drug-likeness (QED) is 0.183. The number of halogens is 4. The van der Waals surface area contributed by atoms with Gasteiger partial charge in [-0.15, -0.1) is 87.2 Å². The Morgan fingerprint density at radius 1 is 0.786 bits per heavy atom. The molecule has 0 rings (SSSR count). The minimum atomic E-state index is -1.07. The van der Waals surface area contributed by atoms with Gasteiger partial charge in [-0.1, -0.05) is 40.5 Å². The molecule has 0 amide bonds. The molecular weight excluding hydrogens is 660 g/mol. The first kappa shape index (κ1) is 17.4. The van der Waals surface area contributed by atoms with Gasteiger partial charge in [-0.05, 0) is 11.1 Å². The van der Waals surface area contributed by atoms with E-state index < -0.39 is 5.17 Å². The minimum Gasteiger partial charge on any atom is -0.106 e. The first-order valence-corrected chi connectivity index (χ1v) is 22.6. The molecule has 14 heavy (non-hydrogen) atoms. The third-order valence-electron chi connectivity index (χ3n) is 2.91. The normalized spacial score (nSPS) is 18.0. The second-order valence-electron chi connectivity index (χ2n) is 3.86. The third kappa shape index (κ3) is 3.93. The Kier molecular flexibility index (Phi) is 8.76. The maximum Gasteiger partial charge on any atom is 0.208 e. The lowest BCUT2D eigenvalue weighted by Crippen LogP contribution is -2.50. The van der Waals surface area contributed by atoms with Crippen molar-refractivity contribution in [3.63, 3.8) is 0 Å². The van der Waals surface area contributed by atoms with Crippen molar-refractivity contribution in [2.45, 2.75) is 51.6 Å². The summed E-state index contributed by atoms with van der Waals surface area (Å²) in [5.74, 6) is 0. The molecule has 0 aliphatic rings. The highest BCUT2D eigenvalue weighted by Crippen LogP contribution is 2.55. The molecule has 0 aromatic carbocycles. The average Bonchev–Trinajstić information content (AvgIpc) is 2.14. The summed E-state index contributed by atoms with van der Waals surface area (Å²) in [5.41, 5.74) is 1.91. The maximum atomic E-state index is 2.86. The predicted molar refractivity (Wildman–Crippen MR) is 107 cm³/mol. The number of hydrogen-bond acceptors (Lipinski definition) is 0. The standard InChI is InChI=1S/C8H18I4Si2/c1-5-7(3)13(9,10)14(11,12)8(4)6-2/h7-8H,5-6H2,1-4H3. The lowest BCUT2D eigenvalue weighted by Gasteiger charge is -2.38. The molecular formula is C8H18I4Si2. The highest BCUT2D eigenvalue weighted by molar-refractivity contribution is 14.3. The molecule has 0 bridgehead atoms. The molecule has 6 heteroatoms. The Morgan fingerprint density at radius 3 is 1.14 bits per heavy atom. The van der Waals surface area contributed by atoms with E-state index in [1.165, 1.54) is 12.8 Å². The van der Waals surface area contributed by atoms with Crippen molar-refractivity contribution >= 4 is 92.4 Å². The van der Waals surface area contributed by atoms with E-state index in [4.69, 9.17) is 0 Å². The van der Waals surface area contributed by atoms with Crippen molar-refractivity contribution in [3.05, 3.63) is 0 Å². The van der Waals surface area contributed by atoms with E-state index >= 15 is 0 Å². The van der Waals surface area contributed by atoms with E-state index in [1.807, 2.05) is 0 Å². The zero-order chi connectivity index (χ0) is 11.6. The van der Waals surface area contributed by atoms with Crippen LogP contribution >= 0.6 is 87.2 Å². The van der Waals surface area contributed by atoms with E-state index in [0.29, 0.717) is 0 Å². The number of rotatable bonds is 5. The molecule has 0 aliphatic heterocycles. The van der Waals surface area contributed by atoms with Gasteiger partial charge in [-0.2, -0.15) is 0 Å². The Labute approximate surface area is 141 Å². The highest BCUT2D eigenvalue weighted by atomic mass is 127.